The summed E-state index contributed by atoms with van der Waals surface area (Å²) in [5, 5.41) is 6.65. The van der Waals surface area contributed by atoms with Gasteiger partial charge in [0.25, 0.3) is 0 Å². The molecule has 5 nitrogen and oxygen atoms in total. The smallest absolute Gasteiger partial charge is 0.410 e. The molecule has 1 N–H and O–H groups in total. The number of likely N-dealkylation sites (tertiary alicyclic amines) is 1. The Bertz CT molecular complexity index is 496. The van der Waals surface area contributed by atoms with Gasteiger partial charge in [-0.1, -0.05) is 0 Å². The monoisotopic (exact) mass is 325 g/mol. The van der Waals surface area contributed by atoms with Crippen LogP contribution in [0.2, 0.25) is 0 Å². The summed E-state index contributed by atoms with van der Waals surface area (Å²) in [7, 11) is 0. The molecule has 0 radical (unpaired) electrons. The fourth-order valence-corrected chi connectivity index (χ4v) is 3.23. The Balaban J connectivity index is 1.74. The zero-order valence-corrected chi connectivity index (χ0v) is 14.8. The van der Waals surface area contributed by atoms with E-state index in [0.29, 0.717) is 5.92 Å². The molecule has 1 aliphatic heterocycles. The van der Waals surface area contributed by atoms with E-state index in [1.54, 1.807) is 11.3 Å². The van der Waals surface area contributed by atoms with Gasteiger partial charge in [0.1, 0.15) is 5.60 Å². The van der Waals surface area contributed by atoms with Crippen LogP contribution in [0.5, 0.6) is 0 Å². The lowest BCUT2D eigenvalue weighted by Crippen LogP contribution is -2.45. The number of piperidine rings is 1. The summed E-state index contributed by atoms with van der Waals surface area (Å²) < 4.78 is 5.46. The Morgan fingerprint density at radius 3 is 2.95 bits per heavy atom. The van der Waals surface area contributed by atoms with E-state index in [1.165, 1.54) is 0 Å². The normalized spacial score (nSPS) is 19.3. The summed E-state index contributed by atoms with van der Waals surface area (Å²) in [6, 6.07) is 0. The number of ether oxygens (including phenoxy) is 1. The number of hydrogen-bond acceptors (Lipinski definition) is 5. The number of amides is 1. The predicted molar refractivity (Wildman–Crippen MR) is 89.1 cm³/mol. The molecular formula is C16H27N3O2S. The lowest BCUT2D eigenvalue weighted by atomic mass is 9.98. The van der Waals surface area contributed by atoms with Crippen molar-refractivity contribution >= 4 is 17.4 Å². The summed E-state index contributed by atoms with van der Waals surface area (Å²) in [5.41, 5.74) is 0.674. The first-order valence-electron chi connectivity index (χ1n) is 7.93. The van der Waals surface area contributed by atoms with Gasteiger partial charge in [0.15, 0.2) is 0 Å². The van der Waals surface area contributed by atoms with Gasteiger partial charge >= 0.3 is 6.09 Å². The molecule has 2 heterocycles. The molecule has 1 aromatic rings. The van der Waals surface area contributed by atoms with Gasteiger partial charge in [0, 0.05) is 31.6 Å². The summed E-state index contributed by atoms with van der Waals surface area (Å²) >= 11 is 1.68. The molecule has 0 saturated carbocycles. The highest BCUT2D eigenvalue weighted by Crippen LogP contribution is 2.19. The van der Waals surface area contributed by atoms with Crippen molar-refractivity contribution in [2.24, 2.45) is 5.92 Å². The van der Waals surface area contributed by atoms with Crippen LogP contribution in [0.3, 0.4) is 0 Å². The molecule has 1 aromatic heterocycles. The second kappa shape index (κ2) is 7.42. The third-order valence-corrected chi connectivity index (χ3v) is 4.40. The first kappa shape index (κ1) is 17.2. The van der Waals surface area contributed by atoms with Gasteiger partial charge in [0.05, 0.1) is 10.7 Å². The molecule has 1 amide bonds. The molecule has 0 aromatic carbocycles. The Morgan fingerprint density at radius 1 is 1.55 bits per heavy atom. The van der Waals surface area contributed by atoms with Crippen molar-refractivity contribution in [3.63, 3.8) is 0 Å². The van der Waals surface area contributed by atoms with E-state index in [4.69, 9.17) is 4.74 Å². The van der Waals surface area contributed by atoms with Crippen molar-refractivity contribution in [1.29, 1.82) is 0 Å². The van der Waals surface area contributed by atoms with Gasteiger partial charge in [-0.25, -0.2) is 9.78 Å². The van der Waals surface area contributed by atoms with Crippen molar-refractivity contribution < 1.29 is 9.53 Å². The molecule has 1 saturated heterocycles. The van der Waals surface area contributed by atoms with Crippen LogP contribution in [-0.2, 0) is 11.3 Å². The van der Waals surface area contributed by atoms with Crippen LogP contribution >= 0.6 is 11.3 Å². The minimum Gasteiger partial charge on any atom is -0.444 e. The highest BCUT2D eigenvalue weighted by Gasteiger charge is 2.27. The summed E-state index contributed by atoms with van der Waals surface area (Å²) in [6.07, 6.45) is 2.01. The Morgan fingerprint density at radius 2 is 2.32 bits per heavy atom. The maximum atomic E-state index is 12.1. The topological polar surface area (TPSA) is 54.5 Å². The molecule has 124 valence electrons. The van der Waals surface area contributed by atoms with E-state index in [0.717, 1.165) is 49.7 Å². The molecule has 0 unspecified atom stereocenters. The van der Waals surface area contributed by atoms with Gasteiger partial charge in [0.2, 0.25) is 0 Å². The quantitative estimate of drug-likeness (QED) is 0.924. The molecule has 1 fully saturated rings. The fourth-order valence-electron chi connectivity index (χ4n) is 2.62. The molecule has 22 heavy (non-hydrogen) atoms. The second-order valence-corrected chi connectivity index (χ2v) is 7.99. The van der Waals surface area contributed by atoms with E-state index < -0.39 is 5.60 Å². The largest absolute Gasteiger partial charge is 0.444 e. The van der Waals surface area contributed by atoms with Gasteiger partial charge in [-0.2, -0.15) is 0 Å². The van der Waals surface area contributed by atoms with Crippen molar-refractivity contribution in [3.05, 3.63) is 16.1 Å². The highest BCUT2D eigenvalue weighted by atomic mass is 32.1. The average Bonchev–Trinajstić information content (AvgIpc) is 2.83. The first-order chi connectivity index (χ1) is 10.3. The highest BCUT2D eigenvalue weighted by molar-refractivity contribution is 7.09. The minimum atomic E-state index is -0.426. The summed E-state index contributed by atoms with van der Waals surface area (Å²) in [5.74, 6) is 0.487. The molecule has 0 aliphatic carbocycles. The number of carbonyl (C=O) groups excluding carboxylic acids is 1. The third-order valence-electron chi connectivity index (χ3n) is 3.58. The first-order valence-corrected chi connectivity index (χ1v) is 8.81. The zero-order chi connectivity index (χ0) is 16.2. The Kier molecular flexibility index (Phi) is 5.81. The van der Waals surface area contributed by atoms with Gasteiger partial charge in [-0.15, -0.1) is 11.3 Å². The van der Waals surface area contributed by atoms with E-state index in [9.17, 15) is 4.79 Å². The van der Waals surface area contributed by atoms with Crippen LogP contribution in [-0.4, -0.2) is 41.2 Å². The van der Waals surface area contributed by atoms with E-state index in [-0.39, 0.29) is 6.09 Å². The lowest BCUT2D eigenvalue weighted by Gasteiger charge is -2.34. The molecular weight excluding hydrogens is 298 g/mol. The van der Waals surface area contributed by atoms with Crippen molar-refractivity contribution in [2.45, 2.75) is 52.7 Å². The number of nitrogens with zero attached hydrogens (tertiary/aromatic N) is 2. The summed E-state index contributed by atoms with van der Waals surface area (Å²) in [4.78, 5) is 18.4. The van der Waals surface area contributed by atoms with Crippen LogP contribution in [0.15, 0.2) is 5.38 Å². The van der Waals surface area contributed by atoms with Crippen molar-refractivity contribution in [2.75, 3.05) is 19.6 Å². The molecule has 2 rings (SSSR count). The number of rotatable bonds is 4. The van der Waals surface area contributed by atoms with E-state index >= 15 is 0 Å². The van der Waals surface area contributed by atoms with Gasteiger partial charge in [-0.05, 0) is 46.5 Å². The third kappa shape index (κ3) is 5.57. The van der Waals surface area contributed by atoms with Gasteiger partial charge in [-0.3, -0.25) is 0 Å². The van der Waals surface area contributed by atoms with Crippen LogP contribution in [0.25, 0.3) is 0 Å². The van der Waals surface area contributed by atoms with E-state index in [1.807, 2.05) is 32.6 Å². The summed E-state index contributed by atoms with van der Waals surface area (Å²) in [6.45, 7) is 11.0. The SMILES string of the molecule is Cc1nc(CNC[C@@H]2CCCN(C(=O)OC(C)(C)C)C2)cs1. The Hall–Kier alpha value is -1.14. The second-order valence-electron chi connectivity index (χ2n) is 6.92. The van der Waals surface area contributed by atoms with Crippen LogP contribution < -0.4 is 5.32 Å². The zero-order valence-electron chi connectivity index (χ0n) is 14.0. The molecule has 1 atom stereocenters. The number of thiazole rings is 1. The standard InChI is InChI=1S/C16H27N3O2S/c1-12-18-14(11-22-12)9-17-8-13-6-5-7-19(10-13)15(20)21-16(2,3)4/h11,13,17H,5-10H2,1-4H3/t13-/m0/s1. The Labute approximate surface area is 137 Å². The van der Waals surface area contributed by atoms with E-state index in [2.05, 4.69) is 15.7 Å². The number of nitrogens with one attached hydrogen (secondary N) is 1. The number of hydrogen-bond donors (Lipinski definition) is 1. The molecule has 0 spiro atoms. The predicted octanol–water partition coefficient (Wildman–Crippen LogP) is 3.19. The van der Waals surface area contributed by atoms with Crippen molar-refractivity contribution in [3.8, 4) is 0 Å². The van der Waals surface area contributed by atoms with Crippen LogP contribution in [0, 0.1) is 12.8 Å². The fraction of sp³-hybridized carbons (Fsp3) is 0.750. The average molecular weight is 325 g/mol. The minimum absolute atomic E-state index is 0.188. The maximum Gasteiger partial charge on any atom is 0.410 e. The lowest BCUT2D eigenvalue weighted by molar-refractivity contribution is 0.0166. The van der Waals surface area contributed by atoms with Crippen molar-refractivity contribution in [1.82, 2.24) is 15.2 Å². The van der Waals surface area contributed by atoms with Crippen LogP contribution in [0.4, 0.5) is 4.79 Å². The number of carbonyl (C=O) groups is 1. The van der Waals surface area contributed by atoms with Crippen LogP contribution in [0.1, 0.15) is 44.3 Å². The molecule has 1 aliphatic rings. The number of aromatic nitrogens is 1. The maximum absolute atomic E-state index is 12.1. The number of aryl methyl sites for hydroxylation is 1. The molecule has 6 heteroatoms. The van der Waals surface area contributed by atoms with Gasteiger partial charge < -0.3 is 15.0 Å². The molecule has 0 bridgehead atoms.